The highest BCUT2D eigenvalue weighted by atomic mass is 16.6. The number of carbonyl (C=O) groups is 2. The minimum Gasteiger partial charge on any atom is -0.480 e. The number of aromatic nitrogens is 1. The van der Waals surface area contributed by atoms with Crippen LogP contribution in [0.3, 0.4) is 0 Å². The first kappa shape index (κ1) is 12.7. The van der Waals surface area contributed by atoms with E-state index < -0.39 is 18.6 Å². The molecule has 1 aromatic heterocycles. The van der Waals surface area contributed by atoms with Crippen LogP contribution >= 0.6 is 0 Å². The SMILES string of the molecule is C=CCOC(=O)N(CC(=O)O)c1ccccn1. The summed E-state index contributed by atoms with van der Waals surface area (Å²) in [6.07, 6.45) is 2.09. The summed E-state index contributed by atoms with van der Waals surface area (Å²) in [5.41, 5.74) is 0. The molecule has 6 nitrogen and oxygen atoms in total. The Morgan fingerprint density at radius 3 is 2.82 bits per heavy atom. The Balaban J connectivity index is 2.84. The third-order valence-electron chi connectivity index (χ3n) is 1.76. The highest BCUT2D eigenvalue weighted by Crippen LogP contribution is 2.10. The average Bonchev–Trinajstić information content (AvgIpc) is 2.34. The topological polar surface area (TPSA) is 79.7 Å². The van der Waals surface area contributed by atoms with Crippen molar-refractivity contribution in [3.8, 4) is 0 Å². The molecule has 0 radical (unpaired) electrons. The summed E-state index contributed by atoms with van der Waals surface area (Å²) in [7, 11) is 0. The summed E-state index contributed by atoms with van der Waals surface area (Å²) < 4.78 is 4.77. The van der Waals surface area contributed by atoms with Crippen LogP contribution in [-0.2, 0) is 9.53 Å². The quantitative estimate of drug-likeness (QED) is 0.779. The van der Waals surface area contributed by atoms with Gasteiger partial charge in [0.25, 0.3) is 0 Å². The molecule has 1 aromatic rings. The van der Waals surface area contributed by atoms with Gasteiger partial charge in [0.2, 0.25) is 0 Å². The third kappa shape index (κ3) is 3.94. The van der Waals surface area contributed by atoms with Crippen LogP contribution in [0, 0.1) is 0 Å². The molecule has 1 amide bonds. The number of rotatable bonds is 5. The highest BCUT2D eigenvalue weighted by Gasteiger charge is 2.20. The molecule has 90 valence electrons. The first-order valence-corrected chi connectivity index (χ1v) is 4.83. The van der Waals surface area contributed by atoms with E-state index in [1.165, 1.54) is 18.3 Å². The van der Waals surface area contributed by atoms with Crippen LogP contribution in [0.2, 0.25) is 0 Å². The zero-order valence-corrected chi connectivity index (χ0v) is 9.07. The second-order valence-corrected chi connectivity index (χ2v) is 3.03. The lowest BCUT2D eigenvalue weighted by Crippen LogP contribution is -2.36. The number of amides is 1. The Morgan fingerprint density at radius 1 is 1.53 bits per heavy atom. The molecule has 0 aliphatic rings. The Kier molecular flexibility index (Phi) is 4.68. The number of ether oxygens (including phenoxy) is 1. The number of carboxylic acid groups (broad SMARTS) is 1. The van der Waals surface area contributed by atoms with Crippen LogP contribution in [0.1, 0.15) is 0 Å². The summed E-state index contributed by atoms with van der Waals surface area (Å²) in [4.78, 5) is 27.1. The summed E-state index contributed by atoms with van der Waals surface area (Å²) in [6, 6.07) is 4.84. The molecule has 0 aromatic carbocycles. The molecule has 0 saturated heterocycles. The van der Waals surface area contributed by atoms with Crippen molar-refractivity contribution in [2.75, 3.05) is 18.1 Å². The van der Waals surface area contributed by atoms with Gasteiger partial charge in [-0.25, -0.2) is 9.78 Å². The molecule has 0 bridgehead atoms. The summed E-state index contributed by atoms with van der Waals surface area (Å²) in [6.45, 7) is 2.91. The van der Waals surface area contributed by atoms with E-state index in [1.54, 1.807) is 12.1 Å². The third-order valence-corrected chi connectivity index (χ3v) is 1.76. The van der Waals surface area contributed by atoms with Crippen molar-refractivity contribution in [2.24, 2.45) is 0 Å². The number of pyridine rings is 1. The number of nitrogens with zero attached hydrogens (tertiary/aromatic N) is 2. The van der Waals surface area contributed by atoms with Crippen LogP contribution < -0.4 is 4.90 Å². The van der Waals surface area contributed by atoms with E-state index in [0.717, 1.165) is 4.90 Å². The van der Waals surface area contributed by atoms with E-state index in [-0.39, 0.29) is 12.4 Å². The second-order valence-electron chi connectivity index (χ2n) is 3.03. The van der Waals surface area contributed by atoms with Crippen LogP contribution in [-0.4, -0.2) is 35.3 Å². The number of hydrogen-bond donors (Lipinski definition) is 1. The van der Waals surface area contributed by atoms with Crippen LogP contribution in [0.4, 0.5) is 10.6 Å². The van der Waals surface area contributed by atoms with Gasteiger partial charge in [0, 0.05) is 6.20 Å². The van der Waals surface area contributed by atoms with Crippen molar-refractivity contribution >= 4 is 17.9 Å². The fourth-order valence-electron chi connectivity index (χ4n) is 1.10. The summed E-state index contributed by atoms with van der Waals surface area (Å²) in [5.74, 6) is -0.921. The van der Waals surface area contributed by atoms with Crippen LogP contribution in [0.25, 0.3) is 0 Å². The zero-order valence-electron chi connectivity index (χ0n) is 9.07. The van der Waals surface area contributed by atoms with Crippen molar-refractivity contribution < 1.29 is 19.4 Å². The molecule has 0 aliphatic heterocycles. The predicted molar refractivity (Wildman–Crippen MR) is 60.8 cm³/mol. The first-order valence-electron chi connectivity index (χ1n) is 4.83. The molecule has 0 aliphatic carbocycles. The van der Waals surface area contributed by atoms with Gasteiger partial charge in [0.1, 0.15) is 19.0 Å². The molecule has 1 heterocycles. The molecule has 0 spiro atoms. The van der Waals surface area contributed by atoms with Crippen molar-refractivity contribution in [3.05, 3.63) is 37.1 Å². The van der Waals surface area contributed by atoms with Gasteiger partial charge in [-0.05, 0) is 12.1 Å². The van der Waals surface area contributed by atoms with Gasteiger partial charge in [0.15, 0.2) is 0 Å². The van der Waals surface area contributed by atoms with Crippen molar-refractivity contribution in [1.82, 2.24) is 4.98 Å². The fourth-order valence-corrected chi connectivity index (χ4v) is 1.10. The molecule has 0 saturated carbocycles. The lowest BCUT2D eigenvalue weighted by molar-refractivity contribution is -0.135. The van der Waals surface area contributed by atoms with Crippen molar-refractivity contribution in [2.45, 2.75) is 0 Å². The Hall–Kier alpha value is -2.37. The molecule has 1 rings (SSSR count). The highest BCUT2D eigenvalue weighted by molar-refractivity contribution is 5.91. The van der Waals surface area contributed by atoms with Gasteiger partial charge < -0.3 is 9.84 Å². The van der Waals surface area contributed by atoms with Gasteiger partial charge >= 0.3 is 12.1 Å². The largest absolute Gasteiger partial charge is 0.480 e. The van der Waals surface area contributed by atoms with E-state index in [1.807, 2.05) is 0 Å². The molecular formula is C11H12N2O4. The number of aliphatic carboxylic acids is 1. The smallest absolute Gasteiger partial charge is 0.416 e. The lowest BCUT2D eigenvalue weighted by atomic mass is 10.4. The minimum atomic E-state index is -1.15. The molecule has 0 fully saturated rings. The monoisotopic (exact) mass is 236 g/mol. The molecule has 0 atom stereocenters. The van der Waals surface area contributed by atoms with E-state index in [2.05, 4.69) is 11.6 Å². The lowest BCUT2D eigenvalue weighted by Gasteiger charge is -2.18. The maximum absolute atomic E-state index is 11.6. The van der Waals surface area contributed by atoms with Gasteiger partial charge in [-0.1, -0.05) is 18.7 Å². The number of carbonyl (C=O) groups excluding carboxylic acids is 1. The number of anilines is 1. The van der Waals surface area contributed by atoms with Crippen LogP contribution in [0.15, 0.2) is 37.1 Å². The Labute approximate surface area is 98.1 Å². The second kappa shape index (κ2) is 6.26. The summed E-state index contributed by atoms with van der Waals surface area (Å²) in [5, 5.41) is 8.72. The maximum atomic E-state index is 11.6. The molecule has 6 heteroatoms. The van der Waals surface area contributed by atoms with E-state index in [4.69, 9.17) is 9.84 Å². The van der Waals surface area contributed by atoms with Crippen LogP contribution in [0.5, 0.6) is 0 Å². The van der Waals surface area contributed by atoms with Gasteiger partial charge in [-0.15, -0.1) is 0 Å². The molecule has 0 unspecified atom stereocenters. The van der Waals surface area contributed by atoms with Gasteiger partial charge in [0.05, 0.1) is 0 Å². The average molecular weight is 236 g/mol. The Bertz CT molecular complexity index is 405. The summed E-state index contributed by atoms with van der Waals surface area (Å²) >= 11 is 0. The standard InChI is InChI=1S/C11H12N2O4/c1-2-7-17-11(16)13(8-10(14)15)9-5-3-4-6-12-9/h2-6H,1,7-8H2,(H,14,15). The van der Waals surface area contributed by atoms with Crippen molar-refractivity contribution in [3.63, 3.8) is 0 Å². The van der Waals surface area contributed by atoms with E-state index >= 15 is 0 Å². The van der Waals surface area contributed by atoms with Gasteiger partial charge in [-0.3, -0.25) is 9.69 Å². The minimum absolute atomic E-state index is 0.0157. The normalized spacial score (nSPS) is 9.41. The number of carboxylic acids is 1. The van der Waals surface area contributed by atoms with Crippen molar-refractivity contribution in [1.29, 1.82) is 0 Å². The molecule has 17 heavy (non-hydrogen) atoms. The zero-order chi connectivity index (χ0) is 12.7. The maximum Gasteiger partial charge on any atom is 0.416 e. The Morgan fingerprint density at radius 2 is 2.29 bits per heavy atom. The molecular weight excluding hydrogens is 224 g/mol. The number of hydrogen-bond acceptors (Lipinski definition) is 4. The van der Waals surface area contributed by atoms with Gasteiger partial charge in [-0.2, -0.15) is 0 Å². The predicted octanol–water partition coefficient (Wildman–Crippen LogP) is 1.30. The van der Waals surface area contributed by atoms with E-state index in [0.29, 0.717) is 0 Å². The first-order chi connectivity index (χ1) is 8.15. The fraction of sp³-hybridized carbons (Fsp3) is 0.182. The molecule has 1 N–H and O–H groups in total. The van der Waals surface area contributed by atoms with E-state index in [9.17, 15) is 9.59 Å².